The molecule has 1 N–H and O–H groups in total. The Morgan fingerprint density at radius 2 is 1.81 bits per heavy atom. The van der Waals surface area contributed by atoms with Crippen molar-refractivity contribution in [2.45, 2.75) is 69.7 Å². The number of ether oxygens (including phenoxy) is 1. The number of hydrogen-bond donors (Lipinski definition) is 1. The van der Waals surface area contributed by atoms with Crippen LogP contribution < -0.4 is 0 Å². The lowest BCUT2D eigenvalue weighted by Crippen LogP contribution is -2.53. The lowest BCUT2D eigenvalue weighted by atomic mass is 9.82. The number of benzene rings is 1. The monoisotopic (exact) mass is 369 g/mol. The lowest BCUT2D eigenvalue weighted by Gasteiger charge is -2.43. The van der Waals surface area contributed by atoms with E-state index in [9.17, 15) is 9.90 Å². The maximum atomic E-state index is 12.6. The van der Waals surface area contributed by atoms with Gasteiger partial charge in [0.05, 0.1) is 17.5 Å². The molecule has 2 fully saturated rings. The molecule has 1 aromatic carbocycles. The average Bonchev–Trinajstić information content (AvgIpc) is 3.19. The first-order chi connectivity index (χ1) is 12.8. The maximum Gasteiger partial charge on any atom is 0.410 e. The summed E-state index contributed by atoms with van der Waals surface area (Å²) in [7, 11) is 0. The number of piperidine rings is 1. The van der Waals surface area contributed by atoms with Crippen LogP contribution in [0.2, 0.25) is 0 Å². The fourth-order valence-electron chi connectivity index (χ4n) is 4.36. The third-order valence-corrected chi connectivity index (χ3v) is 5.51. The van der Waals surface area contributed by atoms with Gasteiger partial charge in [0.15, 0.2) is 0 Å². The van der Waals surface area contributed by atoms with Gasteiger partial charge in [-0.3, -0.25) is 0 Å². The number of amides is 1. The molecule has 2 aromatic rings. The Balaban J connectivity index is 1.54. The molecule has 0 radical (unpaired) electrons. The minimum Gasteiger partial charge on any atom is -0.444 e. The van der Waals surface area contributed by atoms with Gasteiger partial charge in [-0.15, -0.1) is 0 Å². The Morgan fingerprint density at radius 3 is 2.41 bits per heavy atom. The van der Waals surface area contributed by atoms with Crippen molar-refractivity contribution in [2.24, 2.45) is 0 Å². The van der Waals surface area contributed by atoms with Crippen molar-refractivity contribution in [1.29, 1.82) is 0 Å². The molecular formula is C21H27N3O3. The second kappa shape index (κ2) is 6.37. The van der Waals surface area contributed by atoms with Crippen LogP contribution in [0, 0.1) is 0 Å². The quantitative estimate of drug-likeness (QED) is 0.878. The number of hydrogen-bond acceptors (Lipinski definition) is 4. The van der Waals surface area contributed by atoms with E-state index >= 15 is 0 Å². The predicted octanol–water partition coefficient (Wildman–Crippen LogP) is 3.62. The molecule has 27 heavy (non-hydrogen) atoms. The molecule has 2 bridgehead atoms. The van der Waals surface area contributed by atoms with E-state index in [-0.39, 0.29) is 18.2 Å². The van der Waals surface area contributed by atoms with Crippen molar-refractivity contribution in [3.8, 4) is 5.69 Å². The van der Waals surface area contributed by atoms with Crippen molar-refractivity contribution < 1.29 is 14.6 Å². The maximum absolute atomic E-state index is 12.6. The number of para-hydroxylation sites is 1. The van der Waals surface area contributed by atoms with Crippen molar-refractivity contribution in [3.63, 3.8) is 0 Å². The van der Waals surface area contributed by atoms with Crippen LogP contribution in [0.5, 0.6) is 0 Å². The van der Waals surface area contributed by atoms with Gasteiger partial charge in [0, 0.05) is 36.7 Å². The van der Waals surface area contributed by atoms with E-state index in [2.05, 4.69) is 5.10 Å². The molecule has 0 spiro atoms. The molecule has 2 aliphatic rings. The minimum absolute atomic E-state index is 0.00340. The van der Waals surface area contributed by atoms with Crippen LogP contribution in [0.3, 0.4) is 0 Å². The summed E-state index contributed by atoms with van der Waals surface area (Å²) in [5.41, 5.74) is 0.298. The summed E-state index contributed by atoms with van der Waals surface area (Å²) < 4.78 is 7.37. The molecule has 144 valence electrons. The van der Waals surface area contributed by atoms with Crippen molar-refractivity contribution in [1.82, 2.24) is 14.7 Å². The summed E-state index contributed by atoms with van der Waals surface area (Å²) in [6.07, 6.45) is 6.22. The van der Waals surface area contributed by atoms with E-state index in [0.29, 0.717) is 12.8 Å². The number of fused-ring (bicyclic) bond motifs is 2. The molecule has 0 aliphatic carbocycles. The van der Waals surface area contributed by atoms with E-state index in [1.165, 1.54) is 0 Å². The molecule has 1 aromatic heterocycles. The Hall–Kier alpha value is -2.34. The first kappa shape index (κ1) is 18.0. The third-order valence-electron chi connectivity index (χ3n) is 5.51. The minimum atomic E-state index is -0.961. The number of carbonyl (C=O) groups is 1. The van der Waals surface area contributed by atoms with E-state index in [4.69, 9.17) is 4.74 Å². The van der Waals surface area contributed by atoms with Gasteiger partial charge >= 0.3 is 6.09 Å². The van der Waals surface area contributed by atoms with Gasteiger partial charge < -0.3 is 14.7 Å². The second-order valence-corrected chi connectivity index (χ2v) is 8.72. The number of carbonyl (C=O) groups excluding carboxylic acids is 1. The first-order valence-corrected chi connectivity index (χ1v) is 9.59. The highest BCUT2D eigenvalue weighted by molar-refractivity contribution is 5.69. The van der Waals surface area contributed by atoms with Crippen LogP contribution in [0.25, 0.3) is 5.69 Å². The Kier molecular flexibility index (Phi) is 4.26. The summed E-state index contributed by atoms with van der Waals surface area (Å²) in [5, 5.41) is 15.8. The van der Waals surface area contributed by atoms with Gasteiger partial charge in [-0.2, -0.15) is 5.10 Å². The molecule has 4 rings (SSSR count). The summed E-state index contributed by atoms with van der Waals surface area (Å²) in [4.78, 5) is 14.5. The third kappa shape index (κ3) is 3.46. The van der Waals surface area contributed by atoms with Gasteiger partial charge in [-0.1, -0.05) is 18.2 Å². The zero-order chi connectivity index (χ0) is 19.2. The molecule has 2 atom stereocenters. The molecule has 0 saturated carbocycles. The van der Waals surface area contributed by atoms with E-state index in [1.807, 2.05) is 62.2 Å². The molecule has 6 nitrogen and oxygen atoms in total. The van der Waals surface area contributed by atoms with Crippen molar-refractivity contribution >= 4 is 6.09 Å². The highest BCUT2D eigenvalue weighted by atomic mass is 16.6. The molecule has 6 heteroatoms. The lowest BCUT2D eigenvalue weighted by molar-refractivity contribution is -0.0624. The van der Waals surface area contributed by atoms with Gasteiger partial charge in [0.1, 0.15) is 5.60 Å². The summed E-state index contributed by atoms with van der Waals surface area (Å²) >= 11 is 0. The Bertz CT molecular complexity index is 811. The van der Waals surface area contributed by atoms with Crippen molar-refractivity contribution in [3.05, 3.63) is 48.3 Å². The van der Waals surface area contributed by atoms with Gasteiger partial charge in [-0.05, 0) is 45.7 Å². The summed E-state index contributed by atoms with van der Waals surface area (Å²) in [5.74, 6) is 0. The van der Waals surface area contributed by atoms with Crippen molar-refractivity contribution in [2.75, 3.05) is 0 Å². The molecular weight excluding hydrogens is 342 g/mol. The number of aliphatic hydroxyl groups is 1. The van der Waals surface area contributed by atoms with E-state index < -0.39 is 11.2 Å². The zero-order valence-electron chi connectivity index (χ0n) is 16.1. The van der Waals surface area contributed by atoms with Crippen LogP contribution in [-0.4, -0.2) is 43.6 Å². The summed E-state index contributed by atoms with van der Waals surface area (Å²) in [6, 6.07) is 9.86. The molecule has 2 aliphatic heterocycles. The van der Waals surface area contributed by atoms with Gasteiger partial charge in [-0.25, -0.2) is 9.48 Å². The molecule has 2 unspecified atom stereocenters. The van der Waals surface area contributed by atoms with Crippen LogP contribution in [0.1, 0.15) is 52.0 Å². The Labute approximate surface area is 159 Å². The van der Waals surface area contributed by atoms with Gasteiger partial charge in [0.2, 0.25) is 0 Å². The topological polar surface area (TPSA) is 67.6 Å². The van der Waals surface area contributed by atoms with Crippen LogP contribution in [-0.2, 0) is 10.3 Å². The van der Waals surface area contributed by atoms with Crippen LogP contribution in [0.15, 0.2) is 42.7 Å². The standard InChI is InChI=1S/C21H27N3O3/c1-20(2,3)27-19(25)24-17-9-10-18(24)12-21(26,11-17)15-13-22-23(14-15)16-7-5-4-6-8-16/h4-8,13-14,17-18,26H,9-12H2,1-3H3. The highest BCUT2D eigenvalue weighted by Gasteiger charge is 2.51. The normalized spacial score (nSPS) is 27.6. The summed E-state index contributed by atoms with van der Waals surface area (Å²) in [6.45, 7) is 5.64. The smallest absolute Gasteiger partial charge is 0.410 e. The fraction of sp³-hybridized carbons (Fsp3) is 0.524. The molecule has 1 amide bonds. The number of nitrogens with zero attached hydrogens (tertiary/aromatic N) is 3. The second-order valence-electron chi connectivity index (χ2n) is 8.72. The fourth-order valence-corrected chi connectivity index (χ4v) is 4.36. The predicted molar refractivity (Wildman–Crippen MR) is 102 cm³/mol. The largest absolute Gasteiger partial charge is 0.444 e. The van der Waals surface area contributed by atoms with E-state index in [0.717, 1.165) is 24.1 Å². The SMILES string of the molecule is CC(C)(C)OC(=O)N1C2CCC1CC(O)(c1cnn(-c3ccccc3)c1)C2. The van der Waals surface area contributed by atoms with E-state index in [1.54, 1.807) is 10.9 Å². The van der Waals surface area contributed by atoms with Crippen LogP contribution >= 0.6 is 0 Å². The highest BCUT2D eigenvalue weighted by Crippen LogP contribution is 2.46. The molecule has 3 heterocycles. The number of aromatic nitrogens is 2. The number of rotatable bonds is 2. The Morgan fingerprint density at radius 1 is 1.19 bits per heavy atom. The molecule has 2 saturated heterocycles. The average molecular weight is 369 g/mol. The zero-order valence-corrected chi connectivity index (χ0v) is 16.1. The van der Waals surface area contributed by atoms with Gasteiger partial charge in [0.25, 0.3) is 0 Å². The van der Waals surface area contributed by atoms with Crippen LogP contribution in [0.4, 0.5) is 4.79 Å². The first-order valence-electron chi connectivity index (χ1n) is 9.59.